The number of phenolic OH excluding ortho intramolecular Hbond substituents is 10. The van der Waals surface area contributed by atoms with Gasteiger partial charge in [-0.15, -0.1) is 0 Å². The van der Waals surface area contributed by atoms with Crippen molar-refractivity contribution in [2.75, 3.05) is 0 Å². The first kappa shape index (κ1) is 119. The molecule has 0 spiro atoms. The highest BCUT2D eigenvalue weighted by Crippen LogP contribution is 2.52. The molecule has 10 nitrogen and oxygen atoms in total. The number of phenols is 10. The Labute approximate surface area is 846 Å². The Morgan fingerprint density at radius 2 is 0.406 bits per heavy atom. The second kappa shape index (κ2) is 43.8. The first-order valence-electron chi connectivity index (χ1n) is 49.7. The molecule has 0 heterocycles. The van der Waals surface area contributed by atoms with Crippen LogP contribution in [0.4, 0.5) is 0 Å². The third kappa shape index (κ3) is 31.7. The molecule has 0 radical (unpaired) electrons. The first-order chi connectivity index (χ1) is 62.0. The Hall–Kier alpha value is -9.10. The summed E-state index contributed by atoms with van der Waals surface area (Å²) in [6.07, 6.45) is 2.62. The standard InChI is InChI=1S/C26H38O2.C23H32O2.2C22H30O2S.C18H30O.C15H24O/c1-10-11-18(19-14-21(25(4,5)6)23(27)12-16(19)2)20-15-22(26(7,8)9)24(28)13-17(20)3;1-14-9-16(20(24)18(11-14)22(3,4)5)13-17-10-15(2)12-19(21(17)25)23(6,7)8;1-13-9-17(23)15(21(3,4)5)11-19(13)25-20-12-16(22(6,7)8)18(24)10-14(20)2;1-13-9-15(21(3,4)5)19(23)17(11-13)25-18-12-14(2)10-16(20(18)24)22(6,7)8;1-16(2,3)12-10-13(17(4,5)6)15(19)14(11-12)18(7,8)9;1-10-8-11(14(2,3)4)13(16)12(9-10)15(5,6)7/h12-15,18,27-28H,10-11H2,1-9H3;9-12,24-25H,13H2,1-8H3;2*9-12,23-24H,1-8H3;10-11,19H,1-9H3;8-9,16H,1-7H3. The maximum atomic E-state index is 10.8. The van der Waals surface area contributed by atoms with Gasteiger partial charge in [0.1, 0.15) is 57.5 Å². The molecule has 760 valence electrons. The zero-order valence-corrected chi connectivity index (χ0v) is 96.7. The van der Waals surface area contributed by atoms with Crippen LogP contribution in [0.5, 0.6) is 57.5 Å². The summed E-state index contributed by atoms with van der Waals surface area (Å²) in [7, 11) is 0. The zero-order chi connectivity index (χ0) is 107. The molecule has 0 bridgehead atoms. The number of hydrogen-bond acceptors (Lipinski definition) is 12. The lowest BCUT2D eigenvalue weighted by Crippen LogP contribution is -2.21. The molecule has 0 saturated carbocycles. The van der Waals surface area contributed by atoms with E-state index >= 15 is 0 Å². The minimum absolute atomic E-state index is 0.0178. The number of benzene rings is 10. The largest absolute Gasteiger partial charge is 0.508 e. The van der Waals surface area contributed by atoms with Crippen molar-refractivity contribution in [2.24, 2.45) is 0 Å². The molecule has 12 heteroatoms. The van der Waals surface area contributed by atoms with Crippen LogP contribution >= 0.6 is 23.5 Å². The van der Waals surface area contributed by atoms with Crippen LogP contribution in [0.25, 0.3) is 0 Å². The van der Waals surface area contributed by atoms with E-state index in [0.717, 1.165) is 155 Å². The molecule has 10 N–H and O–H groups in total. The number of hydrogen-bond donors (Lipinski definition) is 10. The van der Waals surface area contributed by atoms with E-state index in [0.29, 0.717) is 63.9 Å². The molecule has 0 aliphatic heterocycles. The van der Waals surface area contributed by atoms with Gasteiger partial charge < -0.3 is 51.1 Å². The molecule has 0 aliphatic carbocycles. The molecule has 0 atom stereocenters. The molecule has 0 aliphatic rings. The number of rotatable bonds is 10. The van der Waals surface area contributed by atoms with Gasteiger partial charge in [-0.25, -0.2) is 0 Å². The van der Waals surface area contributed by atoms with Crippen molar-refractivity contribution in [1.29, 1.82) is 0 Å². The van der Waals surface area contributed by atoms with Gasteiger partial charge in [0.15, 0.2) is 0 Å². The monoisotopic (exact) mass is 1920 g/mol. The van der Waals surface area contributed by atoms with Crippen LogP contribution in [0.3, 0.4) is 0 Å². The van der Waals surface area contributed by atoms with Crippen LogP contribution < -0.4 is 0 Å². The van der Waals surface area contributed by atoms with Crippen LogP contribution in [0, 0.1) is 62.3 Å². The topological polar surface area (TPSA) is 202 Å². The Morgan fingerprint density at radius 1 is 0.203 bits per heavy atom. The van der Waals surface area contributed by atoms with E-state index in [1.54, 1.807) is 11.8 Å². The average Bonchev–Trinajstić information content (AvgIpc) is 0.767. The minimum atomic E-state index is -0.142. The van der Waals surface area contributed by atoms with Crippen LogP contribution in [0.2, 0.25) is 0 Å². The molecule has 10 aromatic carbocycles. The highest BCUT2D eigenvalue weighted by Gasteiger charge is 2.35. The summed E-state index contributed by atoms with van der Waals surface area (Å²) in [5, 5.41) is 106. The Kier molecular flexibility index (Phi) is 37.9. The Morgan fingerprint density at radius 3 is 0.645 bits per heavy atom. The van der Waals surface area contributed by atoms with Gasteiger partial charge >= 0.3 is 0 Å². The first-order valence-corrected chi connectivity index (χ1v) is 51.4. The summed E-state index contributed by atoms with van der Waals surface area (Å²) >= 11 is 3.13. The molecular weight excluding hydrogens is 1740 g/mol. The molecule has 0 saturated heterocycles. The van der Waals surface area contributed by atoms with Crippen LogP contribution in [-0.2, 0) is 76.8 Å². The number of aryl methyl sites for hydroxylation is 9. The van der Waals surface area contributed by atoms with Gasteiger partial charge in [-0.1, -0.05) is 396 Å². The quantitative estimate of drug-likeness (QED) is 0.0622. The molecule has 0 fully saturated rings. The van der Waals surface area contributed by atoms with Crippen molar-refractivity contribution >= 4 is 23.5 Å². The SMILES string of the molecule is CC(C)(C)c1cc(C(C)(C)C)c(O)c(C(C)(C)C)c1.CCCC(c1cc(C(C)(C)C)c(O)cc1C)c1cc(C(C)(C)C)c(O)cc1C.Cc1cc(C(C)(C)C)c(O)c(C(C)(C)C)c1.Cc1cc(Cc2cc(C)cc(C(C)(C)C)c2O)c(O)c(C(C)(C)C)c1.Cc1cc(O)c(C(C)(C)C)cc1Sc1cc(C(C)(C)C)c(O)cc1C.Cc1cc(Sc2cc(C)cc(C(C)(C)C)c2O)c(O)c(C(C)(C)C)c1. The normalized spacial score (nSPS) is 12.7. The molecular formula is C126H184O10S2. The van der Waals surface area contributed by atoms with E-state index in [9.17, 15) is 51.1 Å². The fourth-order valence-corrected chi connectivity index (χ4v) is 19.6. The molecule has 10 aromatic rings. The average molecular weight is 1920 g/mol. The molecule has 138 heavy (non-hydrogen) atoms. The van der Waals surface area contributed by atoms with Gasteiger partial charge in [0, 0.05) is 44.4 Å². The van der Waals surface area contributed by atoms with Crippen molar-refractivity contribution < 1.29 is 51.1 Å². The van der Waals surface area contributed by atoms with E-state index in [2.05, 4.69) is 372 Å². The van der Waals surface area contributed by atoms with E-state index in [1.807, 2.05) is 88.4 Å². The Balaban J connectivity index is 0.000000295. The van der Waals surface area contributed by atoms with Crippen molar-refractivity contribution in [3.05, 3.63) is 266 Å². The predicted octanol–water partition coefficient (Wildman–Crippen LogP) is 35.6. The maximum absolute atomic E-state index is 10.8. The summed E-state index contributed by atoms with van der Waals surface area (Å²) in [4.78, 5) is 3.84. The lowest BCUT2D eigenvalue weighted by atomic mass is 9.75. The van der Waals surface area contributed by atoms with Gasteiger partial charge in [-0.05, 0) is 293 Å². The highest BCUT2D eigenvalue weighted by molar-refractivity contribution is 7.99. The van der Waals surface area contributed by atoms with Crippen molar-refractivity contribution in [1.82, 2.24) is 0 Å². The molecule has 10 rings (SSSR count). The van der Waals surface area contributed by atoms with Crippen LogP contribution in [-0.4, -0.2) is 51.1 Å². The second-order valence-corrected chi connectivity index (χ2v) is 54.9. The smallest absolute Gasteiger partial charge is 0.133 e. The van der Waals surface area contributed by atoms with E-state index in [-0.39, 0.29) is 76.3 Å². The molecule has 0 unspecified atom stereocenters. The maximum Gasteiger partial charge on any atom is 0.133 e. The van der Waals surface area contributed by atoms with Gasteiger partial charge in [-0.2, -0.15) is 0 Å². The van der Waals surface area contributed by atoms with Crippen molar-refractivity contribution in [3.63, 3.8) is 0 Å². The van der Waals surface area contributed by atoms with Gasteiger partial charge in [-0.3, -0.25) is 0 Å². The summed E-state index contributed by atoms with van der Waals surface area (Å²) in [6, 6.07) is 40.8. The summed E-state index contributed by atoms with van der Waals surface area (Å²) < 4.78 is 0. The zero-order valence-electron chi connectivity index (χ0n) is 95.0. The fraction of sp³-hybridized carbons (Fsp3) is 0.524. The molecule has 0 amide bonds. The summed E-state index contributed by atoms with van der Waals surface area (Å²) in [5.41, 5.74) is 26.3. The van der Waals surface area contributed by atoms with Crippen LogP contribution in [0.1, 0.15) is 440 Å². The lowest BCUT2D eigenvalue weighted by molar-refractivity contribution is 0.420. The summed E-state index contributed by atoms with van der Waals surface area (Å²) in [5.74, 6) is 3.94. The van der Waals surface area contributed by atoms with Gasteiger partial charge in [0.25, 0.3) is 0 Å². The summed E-state index contributed by atoms with van der Waals surface area (Å²) in [6.45, 7) is 104. The van der Waals surface area contributed by atoms with Gasteiger partial charge in [0.2, 0.25) is 0 Å². The molecule has 0 aromatic heterocycles. The highest BCUT2D eigenvalue weighted by atomic mass is 32.2. The lowest BCUT2D eigenvalue weighted by Gasteiger charge is -2.31. The third-order valence-electron chi connectivity index (χ3n) is 25.5. The van der Waals surface area contributed by atoms with E-state index in [1.165, 1.54) is 34.0 Å². The van der Waals surface area contributed by atoms with Crippen LogP contribution in [0.15, 0.2) is 141 Å². The predicted molar refractivity (Wildman–Crippen MR) is 595 cm³/mol. The second-order valence-electron chi connectivity index (χ2n) is 52.8. The van der Waals surface area contributed by atoms with E-state index in [4.69, 9.17) is 0 Å². The number of aromatic hydroxyl groups is 10. The van der Waals surface area contributed by atoms with Crippen molar-refractivity contribution in [3.8, 4) is 57.5 Å². The van der Waals surface area contributed by atoms with Crippen molar-refractivity contribution in [2.45, 2.75) is 454 Å². The third-order valence-corrected chi connectivity index (χ3v) is 27.9. The minimum Gasteiger partial charge on any atom is -0.508 e. The van der Waals surface area contributed by atoms with Gasteiger partial charge in [0.05, 0.1) is 9.79 Å². The Bertz CT molecular complexity index is 5450. The fourth-order valence-electron chi connectivity index (χ4n) is 17.4. The van der Waals surface area contributed by atoms with E-state index < -0.39 is 0 Å².